The number of thiophene rings is 1. The van der Waals surface area contributed by atoms with Crippen LogP contribution in [0.2, 0.25) is 0 Å². The van der Waals surface area contributed by atoms with Crippen LogP contribution in [0.3, 0.4) is 0 Å². The monoisotopic (exact) mass is 330 g/mol. The number of likely N-dealkylation sites (tertiary alicyclic amines) is 1. The fraction of sp³-hybridized carbons (Fsp3) is 0.474. The number of piperidine rings is 1. The van der Waals surface area contributed by atoms with Crippen LogP contribution in [0.4, 0.5) is 0 Å². The van der Waals surface area contributed by atoms with E-state index in [1.165, 1.54) is 20.9 Å². The van der Waals surface area contributed by atoms with Gasteiger partial charge in [0.1, 0.15) is 0 Å². The third kappa shape index (κ3) is 4.88. The van der Waals surface area contributed by atoms with Gasteiger partial charge in [0.15, 0.2) is 0 Å². The van der Waals surface area contributed by atoms with E-state index in [1.54, 1.807) is 0 Å². The molecule has 0 unspecified atom stereocenters. The topological polar surface area (TPSA) is 35.5 Å². The van der Waals surface area contributed by atoms with Gasteiger partial charge in [-0.05, 0) is 43.0 Å². The first-order chi connectivity index (χ1) is 11.2. The lowest BCUT2D eigenvalue weighted by Crippen LogP contribution is -2.35. The molecule has 2 N–H and O–H groups in total. The molecule has 0 atom stereocenters. The average Bonchev–Trinajstić information content (AvgIpc) is 2.97. The molecule has 2 aromatic rings. The van der Waals surface area contributed by atoms with Gasteiger partial charge in [-0.1, -0.05) is 24.3 Å². The summed E-state index contributed by atoms with van der Waals surface area (Å²) in [4.78, 5) is 5.22. The Morgan fingerprint density at radius 1 is 1.09 bits per heavy atom. The highest BCUT2D eigenvalue weighted by molar-refractivity contribution is 7.11. The number of benzene rings is 1. The number of rotatable bonds is 6. The zero-order chi connectivity index (χ0) is 16.1. The second-order valence-corrected chi connectivity index (χ2v) is 7.76. The summed E-state index contributed by atoms with van der Waals surface area (Å²) in [5.41, 5.74) is 2.78. The Balaban J connectivity index is 1.54. The van der Waals surface area contributed by atoms with E-state index in [1.807, 2.05) is 11.3 Å². The highest BCUT2D eigenvalue weighted by Gasteiger charge is 2.17. The Labute approximate surface area is 143 Å². The fourth-order valence-electron chi connectivity index (χ4n) is 3.10. The number of aliphatic hydroxyl groups is 1. The van der Waals surface area contributed by atoms with Crippen LogP contribution >= 0.6 is 11.3 Å². The lowest BCUT2D eigenvalue weighted by Gasteiger charge is -2.30. The van der Waals surface area contributed by atoms with E-state index in [2.05, 4.69) is 53.5 Å². The van der Waals surface area contributed by atoms with Gasteiger partial charge in [-0.25, -0.2) is 0 Å². The van der Waals surface area contributed by atoms with Crippen LogP contribution in [0, 0.1) is 6.92 Å². The highest BCUT2D eigenvalue weighted by atomic mass is 32.1. The smallest absolute Gasteiger partial charge is 0.0564 e. The maximum atomic E-state index is 9.64. The first kappa shape index (κ1) is 16.7. The minimum Gasteiger partial charge on any atom is -0.393 e. The molecule has 1 aliphatic heterocycles. The Morgan fingerprint density at radius 3 is 2.52 bits per heavy atom. The Kier molecular flexibility index (Phi) is 5.84. The molecule has 0 bridgehead atoms. The molecule has 2 heterocycles. The van der Waals surface area contributed by atoms with Gasteiger partial charge < -0.3 is 10.4 Å². The Morgan fingerprint density at radius 2 is 1.83 bits per heavy atom. The van der Waals surface area contributed by atoms with Crippen molar-refractivity contribution in [3.63, 3.8) is 0 Å². The summed E-state index contributed by atoms with van der Waals surface area (Å²) < 4.78 is 0. The lowest BCUT2D eigenvalue weighted by atomic mass is 10.0. The number of nitrogens with one attached hydrogen (secondary N) is 1. The summed E-state index contributed by atoms with van der Waals surface area (Å²) in [7, 11) is 0. The Bertz CT molecular complexity index is 617. The standard InChI is InChI=1S/C19H26N2OS/c1-15-6-7-19(23-15)13-20-12-16-4-2-3-5-17(16)14-21-10-8-18(22)9-11-21/h2-7,18,20,22H,8-14H2,1H3. The van der Waals surface area contributed by atoms with Gasteiger partial charge in [0.25, 0.3) is 0 Å². The molecule has 0 amide bonds. The minimum absolute atomic E-state index is 0.0996. The van der Waals surface area contributed by atoms with Gasteiger partial charge in [-0.15, -0.1) is 11.3 Å². The van der Waals surface area contributed by atoms with Gasteiger partial charge in [0.05, 0.1) is 6.10 Å². The number of hydrogen-bond donors (Lipinski definition) is 2. The van der Waals surface area contributed by atoms with E-state index in [0.717, 1.165) is 45.6 Å². The SMILES string of the molecule is Cc1ccc(CNCc2ccccc2CN2CCC(O)CC2)s1. The highest BCUT2D eigenvalue weighted by Crippen LogP contribution is 2.18. The summed E-state index contributed by atoms with van der Waals surface area (Å²) in [5.74, 6) is 0. The van der Waals surface area contributed by atoms with Gasteiger partial charge in [-0.3, -0.25) is 4.90 Å². The number of nitrogens with zero attached hydrogens (tertiary/aromatic N) is 1. The van der Waals surface area contributed by atoms with Crippen molar-refractivity contribution in [2.45, 2.75) is 45.5 Å². The normalized spacial score (nSPS) is 16.8. The third-order valence-electron chi connectivity index (χ3n) is 4.48. The summed E-state index contributed by atoms with van der Waals surface area (Å²) in [6, 6.07) is 13.1. The van der Waals surface area contributed by atoms with Gasteiger partial charge in [0, 0.05) is 42.5 Å². The van der Waals surface area contributed by atoms with Crippen molar-refractivity contribution in [3.8, 4) is 0 Å². The molecule has 3 rings (SSSR count). The van der Waals surface area contributed by atoms with Crippen LogP contribution in [0.25, 0.3) is 0 Å². The van der Waals surface area contributed by atoms with E-state index in [0.29, 0.717) is 0 Å². The van der Waals surface area contributed by atoms with Crippen LogP contribution in [0.1, 0.15) is 33.7 Å². The van der Waals surface area contributed by atoms with Crippen molar-refractivity contribution in [2.75, 3.05) is 13.1 Å². The summed E-state index contributed by atoms with van der Waals surface area (Å²) in [5, 5.41) is 13.2. The molecule has 0 spiro atoms. The van der Waals surface area contributed by atoms with Crippen molar-refractivity contribution < 1.29 is 5.11 Å². The molecule has 0 aliphatic carbocycles. The predicted octanol–water partition coefficient (Wildman–Crippen LogP) is 3.30. The van der Waals surface area contributed by atoms with Crippen LogP contribution in [-0.4, -0.2) is 29.2 Å². The molecule has 0 saturated carbocycles. The number of aryl methyl sites for hydroxylation is 1. The summed E-state index contributed by atoms with van der Waals surface area (Å²) in [6.07, 6.45) is 1.70. The van der Waals surface area contributed by atoms with Crippen LogP contribution < -0.4 is 5.32 Å². The summed E-state index contributed by atoms with van der Waals surface area (Å²) in [6.45, 7) is 6.98. The molecule has 3 nitrogen and oxygen atoms in total. The van der Waals surface area contributed by atoms with Crippen LogP contribution in [-0.2, 0) is 19.6 Å². The molecule has 1 aromatic heterocycles. The largest absolute Gasteiger partial charge is 0.393 e. The van der Waals surface area contributed by atoms with E-state index in [4.69, 9.17) is 0 Å². The van der Waals surface area contributed by atoms with Crippen molar-refractivity contribution in [2.24, 2.45) is 0 Å². The molecular weight excluding hydrogens is 304 g/mol. The third-order valence-corrected chi connectivity index (χ3v) is 5.48. The molecule has 124 valence electrons. The molecule has 0 radical (unpaired) electrons. The maximum absolute atomic E-state index is 9.64. The molecule has 1 aromatic carbocycles. The first-order valence-corrected chi connectivity index (χ1v) is 9.25. The van der Waals surface area contributed by atoms with Crippen molar-refractivity contribution in [1.29, 1.82) is 0 Å². The number of aliphatic hydroxyl groups excluding tert-OH is 1. The average molecular weight is 330 g/mol. The quantitative estimate of drug-likeness (QED) is 0.853. The number of hydrogen-bond acceptors (Lipinski definition) is 4. The predicted molar refractivity (Wildman–Crippen MR) is 96.6 cm³/mol. The van der Waals surface area contributed by atoms with E-state index in [9.17, 15) is 5.11 Å². The zero-order valence-electron chi connectivity index (χ0n) is 13.8. The van der Waals surface area contributed by atoms with Crippen molar-refractivity contribution >= 4 is 11.3 Å². The fourth-order valence-corrected chi connectivity index (χ4v) is 3.96. The molecule has 4 heteroatoms. The van der Waals surface area contributed by atoms with Crippen molar-refractivity contribution in [3.05, 3.63) is 57.3 Å². The lowest BCUT2D eigenvalue weighted by molar-refractivity contribution is 0.0791. The molecule has 1 fully saturated rings. The van der Waals surface area contributed by atoms with Crippen molar-refractivity contribution in [1.82, 2.24) is 10.2 Å². The van der Waals surface area contributed by atoms with Gasteiger partial charge >= 0.3 is 0 Å². The van der Waals surface area contributed by atoms with E-state index in [-0.39, 0.29) is 6.10 Å². The van der Waals surface area contributed by atoms with Gasteiger partial charge in [0.2, 0.25) is 0 Å². The second kappa shape index (κ2) is 8.06. The molecule has 1 saturated heterocycles. The second-order valence-electron chi connectivity index (χ2n) is 6.39. The van der Waals surface area contributed by atoms with Gasteiger partial charge in [-0.2, -0.15) is 0 Å². The zero-order valence-corrected chi connectivity index (χ0v) is 14.6. The molecular formula is C19H26N2OS. The minimum atomic E-state index is -0.0996. The van der Waals surface area contributed by atoms with Crippen LogP contribution in [0.15, 0.2) is 36.4 Å². The first-order valence-electron chi connectivity index (χ1n) is 8.44. The van der Waals surface area contributed by atoms with E-state index < -0.39 is 0 Å². The van der Waals surface area contributed by atoms with E-state index >= 15 is 0 Å². The van der Waals surface area contributed by atoms with Crippen LogP contribution in [0.5, 0.6) is 0 Å². The maximum Gasteiger partial charge on any atom is 0.0564 e. The molecule has 23 heavy (non-hydrogen) atoms. The summed E-state index contributed by atoms with van der Waals surface area (Å²) >= 11 is 1.86. The molecule has 1 aliphatic rings. The Hall–Kier alpha value is -1.20.